The van der Waals surface area contributed by atoms with Crippen molar-refractivity contribution in [3.05, 3.63) is 0 Å². The van der Waals surface area contributed by atoms with Gasteiger partial charge >= 0.3 is 5.97 Å². The fraction of sp³-hybridized carbons (Fsp3) is 0.889. The van der Waals surface area contributed by atoms with Gasteiger partial charge in [0.1, 0.15) is 5.94 Å². The zero-order valence-electron chi connectivity index (χ0n) is 8.68. The molecule has 0 unspecified atom stereocenters. The highest BCUT2D eigenvalue weighted by Crippen LogP contribution is 2.28. The van der Waals surface area contributed by atoms with Crippen molar-refractivity contribution in [1.82, 2.24) is 0 Å². The molecule has 0 aliphatic heterocycles. The van der Waals surface area contributed by atoms with E-state index in [-0.39, 0.29) is 11.9 Å². The lowest BCUT2D eigenvalue weighted by atomic mass is 9.89. The lowest BCUT2D eigenvalue weighted by Crippen LogP contribution is -2.31. The second-order valence-electron chi connectivity index (χ2n) is 3.88. The summed E-state index contributed by atoms with van der Waals surface area (Å²) >= 11 is 0. The number of methoxy groups -OCH3 is 1. The zero-order valence-corrected chi connectivity index (χ0v) is 9.50. The summed E-state index contributed by atoms with van der Waals surface area (Å²) in [6.45, 7) is 0. The molecule has 1 saturated carbocycles. The zero-order chi connectivity index (χ0) is 11.5. The maximum atomic E-state index is 11.6. The van der Waals surface area contributed by atoms with Gasteiger partial charge in [0.2, 0.25) is 0 Å². The number of rotatable bonds is 4. The summed E-state index contributed by atoms with van der Waals surface area (Å²) in [4.78, 5) is 10.7. The number of ether oxygens (including phenoxy) is 1. The smallest absolute Gasteiger partial charge is 0.306 e. The number of carbonyl (C=O) groups is 1. The van der Waals surface area contributed by atoms with Gasteiger partial charge in [-0.3, -0.25) is 4.79 Å². The van der Waals surface area contributed by atoms with Gasteiger partial charge in [-0.2, -0.15) is 0 Å². The number of sulfone groups is 1. The first kappa shape index (κ1) is 12.4. The standard InChI is InChI=1S/C9H16O5S/c1-14-6-15(12,13)8-4-2-7(3-5-8)9(10)11/h7-8H,2-6H2,1H3,(H,10,11). The van der Waals surface area contributed by atoms with Crippen molar-refractivity contribution < 1.29 is 23.1 Å². The summed E-state index contributed by atoms with van der Waals surface area (Å²) < 4.78 is 27.8. The molecule has 88 valence electrons. The predicted molar refractivity (Wildman–Crippen MR) is 54.2 cm³/mol. The quantitative estimate of drug-likeness (QED) is 0.775. The van der Waals surface area contributed by atoms with Gasteiger partial charge < -0.3 is 9.84 Å². The minimum atomic E-state index is -3.20. The van der Waals surface area contributed by atoms with Gasteiger partial charge in [0.25, 0.3) is 0 Å². The summed E-state index contributed by atoms with van der Waals surface area (Å²) in [7, 11) is -1.85. The van der Waals surface area contributed by atoms with E-state index < -0.39 is 21.1 Å². The van der Waals surface area contributed by atoms with E-state index in [1.54, 1.807) is 0 Å². The molecule has 0 spiro atoms. The molecular weight excluding hydrogens is 220 g/mol. The normalized spacial score (nSPS) is 27.5. The summed E-state index contributed by atoms with van der Waals surface area (Å²) in [5.74, 6) is -1.47. The number of hydrogen-bond acceptors (Lipinski definition) is 4. The summed E-state index contributed by atoms with van der Waals surface area (Å²) in [5, 5.41) is 8.33. The molecule has 0 bridgehead atoms. The van der Waals surface area contributed by atoms with Crippen LogP contribution in [0.3, 0.4) is 0 Å². The number of hydrogen-bond donors (Lipinski definition) is 1. The van der Waals surface area contributed by atoms with E-state index in [0.29, 0.717) is 25.7 Å². The Bertz CT molecular complexity index is 313. The molecule has 1 fully saturated rings. The third kappa shape index (κ3) is 3.17. The Morgan fingerprint density at radius 3 is 2.27 bits per heavy atom. The molecule has 0 aromatic carbocycles. The first-order valence-corrected chi connectivity index (χ1v) is 6.62. The van der Waals surface area contributed by atoms with Crippen molar-refractivity contribution in [2.45, 2.75) is 30.9 Å². The first-order chi connectivity index (χ1) is 6.97. The second kappa shape index (κ2) is 4.94. The number of carboxylic acid groups (broad SMARTS) is 1. The van der Waals surface area contributed by atoms with Crippen molar-refractivity contribution in [3.8, 4) is 0 Å². The minimum Gasteiger partial charge on any atom is -0.481 e. The van der Waals surface area contributed by atoms with Crippen LogP contribution in [0.2, 0.25) is 0 Å². The van der Waals surface area contributed by atoms with Crippen LogP contribution in [0.5, 0.6) is 0 Å². The SMILES string of the molecule is COCS(=O)(=O)C1CCC(C(=O)O)CC1. The molecule has 5 nitrogen and oxygen atoms in total. The lowest BCUT2D eigenvalue weighted by molar-refractivity contribution is -0.142. The summed E-state index contributed by atoms with van der Waals surface area (Å²) in [6.07, 6.45) is 1.76. The highest BCUT2D eigenvalue weighted by atomic mass is 32.2. The topological polar surface area (TPSA) is 80.7 Å². The van der Waals surface area contributed by atoms with Gasteiger partial charge in [0, 0.05) is 7.11 Å². The average molecular weight is 236 g/mol. The van der Waals surface area contributed by atoms with Crippen LogP contribution in [-0.2, 0) is 19.4 Å². The third-order valence-electron chi connectivity index (χ3n) is 2.81. The molecular formula is C9H16O5S. The van der Waals surface area contributed by atoms with E-state index in [9.17, 15) is 13.2 Å². The summed E-state index contributed by atoms with van der Waals surface area (Å²) in [5.41, 5.74) is 0. The van der Waals surface area contributed by atoms with Crippen LogP contribution in [0.4, 0.5) is 0 Å². The highest BCUT2D eigenvalue weighted by molar-refractivity contribution is 7.91. The van der Waals surface area contributed by atoms with Gasteiger partial charge in [-0.15, -0.1) is 0 Å². The van der Waals surface area contributed by atoms with E-state index >= 15 is 0 Å². The van der Waals surface area contributed by atoms with Crippen LogP contribution >= 0.6 is 0 Å². The van der Waals surface area contributed by atoms with Crippen LogP contribution in [0, 0.1) is 5.92 Å². The lowest BCUT2D eigenvalue weighted by Gasteiger charge is -2.25. The van der Waals surface area contributed by atoms with Gasteiger partial charge in [0.15, 0.2) is 9.84 Å². The Morgan fingerprint density at radius 1 is 1.33 bits per heavy atom. The van der Waals surface area contributed by atoms with Crippen LogP contribution in [0.15, 0.2) is 0 Å². The largest absolute Gasteiger partial charge is 0.481 e. The Balaban J connectivity index is 2.54. The molecule has 0 saturated heterocycles. The third-order valence-corrected chi connectivity index (χ3v) is 4.86. The summed E-state index contributed by atoms with van der Waals surface area (Å²) in [6, 6.07) is 0. The maximum Gasteiger partial charge on any atom is 0.306 e. The molecule has 1 aliphatic carbocycles. The van der Waals surface area contributed by atoms with Crippen molar-refractivity contribution >= 4 is 15.8 Å². The van der Waals surface area contributed by atoms with Crippen LogP contribution in [-0.4, -0.2) is 37.8 Å². The number of carboxylic acids is 1. The van der Waals surface area contributed by atoms with E-state index in [2.05, 4.69) is 4.74 Å². The maximum absolute atomic E-state index is 11.6. The molecule has 1 aliphatic rings. The molecule has 0 heterocycles. The fourth-order valence-electron chi connectivity index (χ4n) is 1.93. The molecule has 0 radical (unpaired) electrons. The predicted octanol–water partition coefficient (Wildman–Crippen LogP) is 0.648. The first-order valence-electron chi connectivity index (χ1n) is 4.90. The van der Waals surface area contributed by atoms with Gasteiger partial charge in [-0.25, -0.2) is 8.42 Å². The van der Waals surface area contributed by atoms with Crippen LogP contribution in [0.25, 0.3) is 0 Å². The molecule has 0 amide bonds. The van der Waals surface area contributed by atoms with Crippen molar-refractivity contribution in [2.75, 3.05) is 13.0 Å². The molecule has 0 aromatic rings. The molecule has 0 aromatic heterocycles. The van der Waals surface area contributed by atoms with Gasteiger partial charge in [0.05, 0.1) is 11.2 Å². The van der Waals surface area contributed by atoms with E-state index in [1.165, 1.54) is 7.11 Å². The Kier molecular flexibility index (Phi) is 4.10. The van der Waals surface area contributed by atoms with Gasteiger partial charge in [-0.1, -0.05) is 0 Å². The van der Waals surface area contributed by atoms with Crippen molar-refractivity contribution in [3.63, 3.8) is 0 Å². The molecule has 0 atom stereocenters. The number of aliphatic carboxylic acids is 1. The second-order valence-corrected chi connectivity index (χ2v) is 6.11. The van der Waals surface area contributed by atoms with E-state index in [0.717, 1.165) is 0 Å². The Labute approximate surface area is 89.3 Å². The Morgan fingerprint density at radius 2 is 1.87 bits per heavy atom. The Hall–Kier alpha value is -0.620. The van der Waals surface area contributed by atoms with Crippen LogP contribution in [0.1, 0.15) is 25.7 Å². The van der Waals surface area contributed by atoms with E-state index in [4.69, 9.17) is 5.11 Å². The van der Waals surface area contributed by atoms with E-state index in [1.807, 2.05) is 0 Å². The molecule has 1 rings (SSSR count). The van der Waals surface area contributed by atoms with Gasteiger partial charge in [-0.05, 0) is 25.7 Å². The highest BCUT2D eigenvalue weighted by Gasteiger charge is 2.33. The van der Waals surface area contributed by atoms with Crippen LogP contribution < -0.4 is 0 Å². The van der Waals surface area contributed by atoms with Crippen molar-refractivity contribution in [2.24, 2.45) is 5.92 Å². The average Bonchev–Trinajstić information content (AvgIpc) is 2.18. The van der Waals surface area contributed by atoms with Crippen molar-refractivity contribution in [1.29, 1.82) is 0 Å². The fourth-order valence-corrected chi connectivity index (χ4v) is 3.44. The minimum absolute atomic E-state index is 0.268. The molecule has 1 N–H and O–H groups in total. The molecule has 6 heteroatoms. The molecule has 15 heavy (non-hydrogen) atoms. The monoisotopic (exact) mass is 236 g/mol.